The monoisotopic (exact) mass is 223 g/mol. The van der Waals surface area contributed by atoms with Crippen molar-refractivity contribution in [3.05, 3.63) is 35.9 Å². The number of hydrogen-bond donors (Lipinski definition) is 2. The van der Waals surface area contributed by atoms with E-state index in [0.717, 1.165) is 5.56 Å². The molecule has 0 aliphatic carbocycles. The van der Waals surface area contributed by atoms with E-state index in [-0.39, 0.29) is 18.6 Å². The number of carbonyl (C=O) groups excluding carboxylic acids is 1. The van der Waals surface area contributed by atoms with E-state index < -0.39 is 6.10 Å². The Morgan fingerprint density at radius 2 is 2.06 bits per heavy atom. The van der Waals surface area contributed by atoms with Gasteiger partial charge in [-0.15, -0.1) is 0 Å². The van der Waals surface area contributed by atoms with Crippen LogP contribution in [0.15, 0.2) is 30.3 Å². The summed E-state index contributed by atoms with van der Waals surface area (Å²) in [4.78, 5) is 11.2. The number of aliphatic hydroxyl groups is 1. The Hall–Kier alpha value is -1.39. The Labute approximate surface area is 95.2 Å². The molecule has 0 aliphatic heterocycles. The fraction of sp³-hybridized carbons (Fsp3) is 0.417. The standard InChI is InChI=1S/C12H17NO3/c1-9(13-11(14)8-16-2)12(15)10-6-4-3-5-7-10/h3-7,9,12,15H,8H2,1-2H3,(H,13,14)/t9-,12+/m1/s1. The molecule has 1 amide bonds. The number of aliphatic hydroxyl groups excluding tert-OH is 1. The molecule has 2 N–H and O–H groups in total. The predicted octanol–water partition coefficient (Wildman–Crippen LogP) is 0.871. The van der Waals surface area contributed by atoms with Crippen molar-refractivity contribution in [3.8, 4) is 0 Å². The minimum absolute atomic E-state index is 0.00580. The maximum atomic E-state index is 11.2. The lowest BCUT2D eigenvalue weighted by Crippen LogP contribution is -2.38. The Bertz CT molecular complexity index is 326. The number of ether oxygens (including phenoxy) is 1. The average Bonchev–Trinajstić information content (AvgIpc) is 2.29. The first-order chi connectivity index (χ1) is 7.65. The molecule has 0 fully saturated rings. The average molecular weight is 223 g/mol. The summed E-state index contributed by atoms with van der Waals surface area (Å²) in [5.74, 6) is -0.231. The minimum atomic E-state index is -0.706. The first kappa shape index (κ1) is 12.7. The molecule has 0 bridgehead atoms. The molecule has 0 spiro atoms. The number of nitrogens with one attached hydrogen (secondary N) is 1. The summed E-state index contributed by atoms with van der Waals surface area (Å²) in [5, 5.41) is 12.6. The van der Waals surface area contributed by atoms with Crippen LogP contribution in [0.4, 0.5) is 0 Å². The maximum absolute atomic E-state index is 11.2. The molecule has 88 valence electrons. The molecule has 2 atom stereocenters. The van der Waals surface area contributed by atoms with E-state index in [1.807, 2.05) is 30.3 Å². The van der Waals surface area contributed by atoms with Crippen LogP contribution in [0.25, 0.3) is 0 Å². The molecule has 0 aliphatic rings. The highest BCUT2D eigenvalue weighted by molar-refractivity contribution is 5.77. The Morgan fingerprint density at radius 3 is 2.62 bits per heavy atom. The molecule has 1 rings (SSSR count). The third-order valence-electron chi connectivity index (χ3n) is 2.28. The van der Waals surface area contributed by atoms with Gasteiger partial charge < -0.3 is 15.2 Å². The first-order valence-electron chi connectivity index (χ1n) is 5.16. The molecular weight excluding hydrogens is 206 g/mol. The van der Waals surface area contributed by atoms with Crippen LogP contribution in [0, 0.1) is 0 Å². The van der Waals surface area contributed by atoms with Crippen LogP contribution < -0.4 is 5.32 Å². The molecule has 0 heterocycles. The van der Waals surface area contributed by atoms with Crippen molar-refractivity contribution in [3.63, 3.8) is 0 Å². The van der Waals surface area contributed by atoms with Crippen LogP contribution in [0.5, 0.6) is 0 Å². The topological polar surface area (TPSA) is 58.6 Å². The highest BCUT2D eigenvalue weighted by Crippen LogP contribution is 2.15. The number of carbonyl (C=O) groups is 1. The molecule has 0 saturated heterocycles. The van der Waals surface area contributed by atoms with E-state index in [4.69, 9.17) is 4.74 Å². The van der Waals surface area contributed by atoms with Crippen LogP contribution >= 0.6 is 0 Å². The summed E-state index contributed by atoms with van der Waals surface area (Å²) in [6.07, 6.45) is -0.706. The molecule has 1 aromatic carbocycles. The molecule has 4 heteroatoms. The van der Waals surface area contributed by atoms with Gasteiger partial charge in [-0.2, -0.15) is 0 Å². The first-order valence-corrected chi connectivity index (χ1v) is 5.16. The smallest absolute Gasteiger partial charge is 0.246 e. The number of hydrogen-bond acceptors (Lipinski definition) is 3. The number of rotatable bonds is 5. The molecule has 0 radical (unpaired) electrons. The normalized spacial score (nSPS) is 14.2. The van der Waals surface area contributed by atoms with Gasteiger partial charge in [0, 0.05) is 7.11 Å². The number of methoxy groups -OCH3 is 1. The summed E-state index contributed by atoms with van der Waals surface area (Å²) in [7, 11) is 1.46. The van der Waals surface area contributed by atoms with Gasteiger partial charge >= 0.3 is 0 Å². The van der Waals surface area contributed by atoms with E-state index in [9.17, 15) is 9.90 Å². The second kappa shape index (κ2) is 6.25. The van der Waals surface area contributed by atoms with Gasteiger partial charge in [-0.25, -0.2) is 0 Å². The van der Waals surface area contributed by atoms with Crippen molar-refractivity contribution in [2.75, 3.05) is 13.7 Å². The van der Waals surface area contributed by atoms with Crippen LogP contribution in [0.1, 0.15) is 18.6 Å². The van der Waals surface area contributed by atoms with Gasteiger partial charge in [0.25, 0.3) is 0 Å². The van der Waals surface area contributed by atoms with Crippen LogP contribution in [0.2, 0.25) is 0 Å². The molecule has 4 nitrogen and oxygen atoms in total. The van der Waals surface area contributed by atoms with Crippen LogP contribution in [-0.2, 0) is 9.53 Å². The van der Waals surface area contributed by atoms with Crippen molar-refractivity contribution in [2.45, 2.75) is 19.1 Å². The zero-order chi connectivity index (χ0) is 12.0. The summed E-state index contributed by atoms with van der Waals surface area (Å²) in [5.41, 5.74) is 0.785. The van der Waals surface area contributed by atoms with Gasteiger partial charge in [-0.3, -0.25) is 4.79 Å². The molecular formula is C12H17NO3. The van der Waals surface area contributed by atoms with E-state index in [2.05, 4.69) is 5.32 Å². The van der Waals surface area contributed by atoms with Gasteiger partial charge in [-0.05, 0) is 12.5 Å². The van der Waals surface area contributed by atoms with Gasteiger partial charge in [0.05, 0.1) is 12.1 Å². The van der Waals surface area contributed by atoms with Gasteiger partial charge in [0.2, 0.25) is 5.91 Å². The van der Waals surface area contributed by atoms with Gasteiger partial charge in [0.15, 0.2) is 0 Å². The van der Waals surface area contributed by atoms with E-state index in [0.29, 0.717) is 0 Å². The maximum Gasteiger partial charge on any atom is 0.246 e. The van der Waals surface area contributed by atoms with E-state index >= 15 is 0 Å². The highest BCUT2D eigenvalue weighted by atomic mass is 16.5. The molecule has 0 aromatic heterocycles. The zero-order valence-corrected chi connectivity index (χ0v) is 9.51. The van der Waals surface area contributed by atoms with E-state index in [1.54, 1.807) is 6.92 Å². The Morgan fingerprint density at radius 1 is 1.44 bits per heavy atom. The van der Waals surface area contributed by atoms with Gasteiger partial charge in [-0.1, -0.05) is 30.3 Å². The van der Waals surface area contributed by atoms with Crippen LogP contribution in [-0.4, -0.2) is 30.8 Å². The summed E-state index contributed by atoms with van der Waals surface area (Å²) in [6, 6.07) is 8.88. The van der Waals surface area contributed by atoms with Crippen molar-refractivity contribution in [1.82, 2.24) is 5.32 Å². The number of amides is 1. The van der Waals surface area contributed by atoms with Crippen molar-refractivity contribution < 1.29 is 14.6 Å². The second-order valence-corrected chi connectivity index (χ2v) is 3.64. The molecule has 16 heavy (non-hydrogen) atoms. The third kappa shape index (κ3) is 3.64. The molecule has 1 aromatic rings. The van der Waals surface area contributed by atoms with Crippen molar-refractivity contribution in [2.24, 2.45) is 0 Å². The third-order valence-corrected chi connectivity index (χ3v) is 2.28. The molecule has 0 saturated carbocycles. The lowest BCUT2D eigenvalue weighted by molar-refractivity contribution is -0.126. The fourth-order valence-corrected chi connectivity index (χ4v) is 1.44. The number of benzene rings is 1. The quantitative estimate of drug-likeness (QED) is 0.778. The predicted molar refractivity (Wildman–Crippen MR) is 60.9 cm³/mol. The summed E-state index contributed by atoms with van der Waals surface area (Å²) in [6.45, 7) is 1.76. The SMILES string of the molecule is COCC(=O)N[C@H](C)[C@H](O)c1ccccc1. The van der Waals surface area contributed by atoms with E-state index in [1.165, 1.54) is 7.11 Å². The second-order valence-electron chi connectivity index (χ2n) is 3.64. The van der Waals surface area contributed by atoms with Crippen LogP contribution in [0.3, 0.4) is 0 Å². The largest absolute Gasteiger partial charge is 0.386 e. The Kier molecular flexibility index (Phi) is 4.95. The van der Waals surface area contributed by atoms with Crippen molar-refractivity contribution in [1.29, 1.82) is 0 Å². The Balaban J connectivity index is 2.54. The minimum Gasteiger partial charge on any atom is -0.386 e. The fourth-order valence-electron chi connectivity index (χ4n) is 1.44. The lowest BCUT2D eigenvalue weighted by Gasteiger charge is -2.20. The zero-order valence-electron chi connectivity index (χ0n) is 9.51. The lowest BCUT2D eigenvalue weighted by atomic mass is 10.0. The highest BCUT2D eigenvalue weighted by Gasteiger charge is 2.17. The molecule has 0 unspecified atom stereocenters. The summed E-state index contributed by atoms with van der Waals surface area (Å²) < 4.78 is 4.70. The van der Waals surface area contributed by atoms with Gasteiger partial charge in [0.1, 0.15) is 6.61 Å². The van der Waals surface area contributed by atoms with Crippen molar-refractivity contribution >= 4 is 5.91 Å². The summed E-state index contributed by atoms with van der Waals surface area (Å²) >= 11 is 0.